The molecule has 0 fully saturated rings. The summed E-state index contributed by atoms with van der Waals surface area (Å²) < 4.78 is 76.7. The first-order chi connectivity index (χ1) is 9.60. The Morgan fingerprint density at radius 2 is 1.57 bits per heavy atom. The van der Waals surface area contributed by atoms with Gasteiger partial charge in [0.1, 0.15) is 0 Å². The molecule has 0 aliphatic heterocycles. The summed E-state index contributed by atoms with van der Waals surface area (Å²) in [7, 11) is 0. The van der Waals surface area contributed by atoms with Crippen LogP contribution in [0.2, 0.25) is 5.02 Å². The summed E-state index contributed by atoms with van der Waals surface area (Å²) in [5, 5.41) is -0.323. The largest absolute Gasteiger partial charge is 0.434 e. The summed E-state index contributed by atoms with van der Waals surface area (Å²) in [6.45, 7) is 0. The Labute approximate surface area is 120 Å². The molecule has 1 aromatic carbocycles. The molecule has 0 radical (unpaired) electrons. The highest BCUT2D eigenvalue weighted by Gasteiger charge is 2.37. The molecular formula is C13H6ClF6N. The molecule has 112 valence electrons. The van der Waals surface area contributed by atoms with E-state index in [9.17, 15) is 26.3 Å². The number of rotatable bonds is 1. The Hall–Kier alpha value is -1.76. The van der Waals surface area contributed by atoms with Crippen LogP contribution in [-0.2, 0) is 12.4 Å². The molecule has 0 unspecified atom stereocenters. The van der Waals surface area contributed by atoms with Crippen LogP contribution >= 0.6 is 11.6 Å². The normalized spacial score (nSPS) is 12.5. The van der Waals surface area contributed by atoms with Crippen LogP contribution in [0.3, 0.4) is 0 Å². The van der Waals surface area contributed by atoms with E-state index in [1.54, 1.807) is 0 Å². The summed E-state index contributed by atoms with van der Waals surface area (Å²) in [5.74, 6) is 0. The zero-order valence-corrected chi connectivity index (χ0v) is 10.8. The summed E-state index contributed by atoms with van der Waals surface area (Å²) in [4.78, 5) is 3.19. The lowest BCUT2D eigenvalue weighted by Gasteiger charge is -2.14. The Balaban J connectivity index is 2.68. The first kappa shape index (κ1) is 15.6. The lowest BCUT2D eigenvalue weighted by Crippen LogP contribution is -2.11. The number of benzene rings is 1. The first-order valence-corrected chi connectivity index (χ1v) is 5.88. The zero-order chi connectivity index (χ0) is 15.8. The highest BCUT2D eigenvalue weighted by Crippen LogP contribution is 2.40. The Morgan fingerprint density at radius 1 is 0.905 bits per heavy atom. The van der Waals surface area contributed by atoms with Gasteiger partial charge in [0.05, 0.1) is 10.6 Å². The first-order valence-electron chi connectivity index (χ1n) is 5.50. The van der Waals surface area contributed by atoms with Crippen LogP contribution < -0.4 is 0 Å². The Morgan fingerprint density at radius 3 is 2.14 bits per heavy atom. The highest BCUT2D eigenvalue weighted by molar-refractivity contribution is 6.33. The number of halogens is 7. The van der Waals surface area contributed by atoms with Crippen molar-refractivity contribution in [3.8, 4) is 11.1 Å². The van der Waals surface area contributed by atoms with Gasteiger partial charge in [0.2, 0.25) is 0 Å². The third-order valence-corrected chi connectivity index (χ3v) is 2.96. The van der Waals surface area contributed by atoms with Crippen LogP contribution in [0.15, 0.2) is 36.5 Å². The van der Waals surface area contributed by atoms with E-state index in [1.807, 2.05) is 0 Å². The van der Waals surface area contributed by atoms with E-state index >= 15 is 0 Å². The van der Waals surface area contributed by atoms with Crippen molar-refractivity contribution in [1.82, 2.24) is 4.98 Å². The molecule has 21 heavy (non-hydrogen) atoms. The van der Waals surface area contributed by atoms with Gasteiger partial charge in [-0.1, -0.05) is 23.7 Å². The number of nitrogens with zero attached hydrogens (tertiary/aromatic N) is 1. The van der Waals surface area contributed by atoms with Gasteiger partial charge in [0, 0.05) is 11.8 Å². The van der Waals surface area contributed by atoms with Crippen molar-refractivity contribution >= 4 is 11.6 Å². The third-order valence-electron chi connectivity index (χ3n) is 2.65. The van der Waals surface area contributed by atoms with Crippen molar-refractivity contribution in [2.45, 2.75) is 12.4 Å². The maximum Gasteiger partial charge on any atom is 0.434 e. The standard InChI is InChI=1S/C13H6ClF6N/c14-9-4-5-21-11(13(18,19)20)10(9)7-2-1-3-8(6-7)12(15,16)17/h1-6H. The number of hydrogen-bond donors (Lipinski definition) is 0. The molecule has 0 spiro atoms. The average Bonchev–Trinajstić information content (AvgIpc) is 2.36. The molecule has 0 aliphatic rings. The summed E-state index contributed by atoms with van der Waals surface area (Å²) in [6, 6.07) is 4.60. The molecule has 1 nitrogen and oxygen atoms in total. The number of alkyl halides is 6. The van der Waals surface area contributed by atoms with Gasteiger partial charge in [0.15, 0.2) is 5.69 Å². The lowest BCUT2D eigenvalue weighted by molar-refractivity contribution is -0.140. The molecule has 1 aromatic heterocycles. The molecular weight excluding hydrogens is 320 g/mol. The summed E-state index contributed by atoms with van der Waals surface area (Å²) >= 11 is 5.72. The van der Waals surface area contributed by atoms with Gasteiger partial charge in [-0.25, -0.2) is 0 Å². The van der Waals surface area contributed by atoms with Crippen LogP contribution in [-0.4, -0.2) is 4.98 Å². The van der Waals surface area contributed by atoms with Gasteiger partial charge in [0.25, 0.3) is 0 Å². The molecule has 0 N–H and O–H groups in total. The van der Waals surface area contributed by atoms with Crippen LogP contribution in [0.5, 0.6) is 0 Å². The second-order valence-electron chi connectivity index (χ2n) is 4.09. The van der Waals surface area contributed by atoms with Crippen molar-refractivity contribution in [3.63, 3.8) is 0 Å². The molecule has 0 saturated carbocycles. The second kappa shape index (κ2) is 5.22. The van der Waals surface area contributed by atoms with Crippen LogP contribution in [0.1, 0.15) is 11.3 Å². The van der Waals surface area contributed by atoms with Crippen LogP contribution in [0, 0.1) is 0 Å². The number of pyridine rings is 1. The molecule has 2 rings (SSSR count). The van der Waals surface area contributed by atoms with Gasteiger partial charge >= 0.3 is 12.4 Å². The highest BCUT2D eigenvalue weighted by atomic mass is 35.5. The molecule has 0 atom stereocenters. The van der Waals surface area contributed by atoms with Gasteiger partial charge in [-0.2, -0.15) is 26.3 Å². The van der Waals surface area contributed by atoms with E-state index in [0.29, 0.717) is 6.07 Å². The maximum absolute atomic E-state index is 12.9. The summed E-state index contributed by atoms with van der Waals surface area (Å²) in [5.41, 5.74) is -3.25. The second-order valence-corrected chi connectivity index (χ2v) is 4.50. The molecule has 0 amide bonds. The van der Waals surface area contributed by atoms with E-state index < -0.39 is 29.2 Å². The quantitative estimate of drug-likeness (QED) is 0.636. The van der Waals surface area contributed by atoms with Gasteiger partial charge in [-0.05, 0) is 23.8 Å². The van der Waals surface area contributed by atoms with Gasteiger partial charge in [-0.15, -0.1) is 0 Å². The van der Waals surface area contributed by atoms with E-state index in [4.69, 9.17) is 11.6 Å². The van der Waals surface area contributed by atoms with Crippen molar-refractivity contribution in [3.05, 3.63) is 52.8 Å². The van der Waals surface area contributed by atoms with E-state index in [2.05, 4.69) is 4.98 Å². The predicted molar refractivity (Wildman–Crippen MR) is 64.7 cm³/mol. The van der Waals surface area contributed by atoms with E-state index in [-0.39, 0.29) is 10.6 Å². The molecule has 0 saturated heterocycles. The SMILES string of the molecule is FC(F)(F)c1cccc(-c2c(Cl)ccnc2C(F)(F)F)c1. The average molecular weight is 326 g/mol. The third kappa shape index (κ3) is 3.29. The molecule has 0 bridgehead atoms. The monoisotopic (exact) mass is 325 g/mol. The smallest absolute Gasteiger partial charge is 0.251 e. The van der Waals surface area contributed by atoms with Gasteiger partial charge in [-0.3, -0.25) is 4.98 Å². The Bertz CT molecular complexity index is 662. The molecule has 0 aliphatic carbocycles. The van der Waals surface area contributed by atoms with Crippen LogP contribution in [0.4, 0.5) is 26.3 Å². The minimum atomic E-state index is -4.82. The fourth-order valence-corrected chi connectivity index (χ4v) is 2.03. The molecule has 8 heteroatoms. The minimum Gasteiger partial charge on any atom is -0.251 e. The molecule has 1 heterocycles. The fraction of sp³-hybridized carbons (Fsp3) is 0.154. The topological polar surface area (TPSA) is 12.9 Å². The predicted octanol–water partition coefficient (Wildman–Crippen LogP) is 5.44. The van der Waals surface area contributed by atoms with Crippen molar-refractivity contribution in [2.75, 3.05) is 0 Å². The number of aromatic nitrogens is 1. The lowest BCUT2D eigenvalue weighted by atomic mass is 10.0. The molecule has 2 aromatic rings. The number of hydrogen-bond acceptors (Lipinski definition) is 1. The Kier molecular flexibility index (Phi) is 3.88. The zero-order valence-electron chi connectivity index (χ0n) is 10.1. The maximum atomic E-state index is 12.9. The van der Waals surface area contributed by atoms with E-state index in [1.165, 1.54) is 0 Å². The summed E-state index contributed by atoms with van der Waals surface area (Å²) in [6.07, 6.45) is -8.64. The minimum absolute atomic E-state index is 0.296. The van der Waals surface area contributed by atoms with Crippen molar-refractivity contribution in [2.24, 2.45) is 0 Å². The van der Waals surface area contributed by atoms with Crippen molar-refractivity contribution in [1.29, 1.82) is 0 Å². The van der Waals surface area contributed by atoms with Crippen molar-refractivity contribution < 1.29 is 26.3 Å². The van der Waals surface area contributed by atoms with Crippen LogP contribution in [0.25, 0.3) is 11.1 Å². The van der Waals surface area contributed by atoms with E-state index in [0.717, 1.165) is 30.5 Å². The van der Waals surface area contributed by atoms with Gasteiger partial charge < -0.3 is 0 Å². The fourth-order valence-electron chi connectivity index (χ4n) is 1.78.